The van der Waals surface area contributed by atoms with Gasteiger partial charge in [-0.1, -0.05) is 11.8 Å². The van der Waals surface area contributed by atoms with Crippen LogP contribution in [-0.2, 0) is 5.75 Å². The monoisotopic (exact) mass is 483 g/mol. The molecule has 0 aliphatic rings. The van der Waals surface area contributed by atoms with E-state index in [1.54, 1.807) is 29.6 Å². The van der Waals surface area contributed by atoms with Crippen molar-refractivity contribution in [1.82, 2.24) is 15.0 Å². The Labute approximate surface area is 189 Å². The van der Waals surface area contributed by atoms with Gasteiger partial charge in [-0.3, -0.25) is 4.98 Å². The fraction of sp³-hybridized carbons (Fsp3) is 0.333. The van der Waals surface area contributed by atoms with E-state index in [2.05, 4.69) is 21.9 Å². The Morgan fingerprint density at radius 3 is 2.75 bits per heavy atom. The van der Waals surface area contributed by atoms with Crippen molar-refractivity contribution in [3.05, 3.63) is 41.5 Å². The Kier molecular flexibility index (Phi) is 10.8. The largest absolute Gasteiger partial charge is 0.494 e. The molecule has 0 aliphatic carbocycles. The third-order valence-corrected chi connectivity index (χ3v) is 6.27. The van der Waals surface area contributed by atoms with Crippen LogP contribution >= 0.6 is 59.9 Å². The fourth-order valence-electron chi connectivity index (χ4n) is 2.45. The van der Waals surface area contributed by atoms with E-state index in [-0.39, 0.29) is 30.6 Å². The molecule has 0 bridgehead atoms. The number of aromatic amines is 1. The molecule has 0 radical (unpaired) electrons. The first kappa shape index (κ1) is 25.2. The summed E-state index contributed by atoms with van der Waals surface area (Å²) in [5.74, 6) is 2.16. The number of imidazole rings is 1. The lowest BCUT2D eigenvalue weighted by Crippen LogP contribution is -1.95. The van der Waals surface area contributed by atoms with Crippen molar-refractivity contribution in [2.45, 2.75) is 29.1 Å². The summed E-state index contributed by atoms with van der Waals surface area (Å²) in [4.78, 5) is 13.4. The van der Waals surface area contributed by atoms with Gasteiger partial charge >= 0.3 is 0 Å². The highest BCUT2D eigenvalue weighted by atomic mass is 35.5. The molecule has 3 rings (SSSR count). The number of hydrogen-bond acceptors (Lipinski definition) is 5. The Bertz CT molecular complexity index is 911. The van der Waals surface area contributed by atoms with Crippen molar-refractivity contribution in [1.29, 1.82) is 0 Å². The van der Waals surface area contributed by atoms with Gasteiger partial charge in [-0.15, -0.1) is 48.2 Å². The molecular formula is C18H21Cl3FN3OS2. The van der Waals surface area contributed by atoms with E-state index >= 15 is 0 Å². The zero-order valence-electron chi connectivity index (χ0n) is 15.3. The number of nitrogens with one attached hydrogen (secondary N) is 1. The first-order valence-electron chi connectivity index (χ1n) is 8.11. The van der Waals surface area contributed by atoms with Crippen LogP contribution in [0, 0.1) is 12.7 Å². The van der Waals surface area contributed by atoms with Gasteiger partial charge in [0.15, 0.2) is 16.7 Å². The highest BCUT2D eigenvalue weighted by Crippen LogP contribution is 2.30. The summed E-state index contributed by atoms with van der Waals surface area (Å²) in [6.45, 7) is 2.09. The van der Waals surface area contributed by atoms with Gasteiger partial charge in [-0.2, -0.15) is 0 Å². The second-order valence-corrected chi connectivity index (χ2v) is 8.09. The van der Waals surface area contributed by atoms with E-state index in [0.717, 1.165) is 28.5 Å². The Hall–Kier alpha value is -0.860. The number of fused-ring (bicyclic) bond motifs is 1. The summed E-state index contributed by atoms with van der Waals surface area (Å²) < 4.78 is 18.8. The normalized spacial score (nSPS) is 10.4. The lowest BCUT2D eigenvalue weighted by atomic mass is 10.2. The number of H-pyrrole nitrogens is 1. The first-order chi connectivity index (χ1) is 12.6. The summed E-state index contributed by atoms with van der Waals surface area (Å²) in [6, 6.07) is 5.05. The zero-order valence-corrected chi connectivity index (χ0v) is 19.4. The van der Waals surface area contributed by atoms with Gasteiger partial charge in [0, 0.05) is 34.9 Å². The summed E-state index contributed by atoms with van der Waals surface area (Å²) in [6.07, 6.45) is 2.82. The Balaban J connectivity index is 0.00000196. The number of nitrogens with zero attached hydrogens (tertiary/aromatic N) is 2. The SMILES string of the molecule is COc1cc2[nH]c(SCc3nccc(SCCCCl)c3C)nc2cc1F.Cl.Cl. The minimum Gasteiger partial charge on any atom is -0.494 e. The van der Waals surface area contributed by atoms with Crippen molar-refractivity contribution in [2.75, 3.05) is 18.7 Å². The van der Waals surface area contributed by atoms with Crippen molar-refractivity contribution in [3.63, 3.8) is 0 Å². The number of ether oxygens (including phenoxy) is 1. The van der Waals surface area contributed by atoms with Gasteiger partial charge < -0.3 is 9.72 Å². The molecule has 4 nitrogen and oxygen atoms in total. The highest BCUT2D eigenvalue weighted by molar-refractivity contribution is 7.99. The summed E-state index contributed by atoms with van der Waals surface area (Å²) in [7, 11) is 1.45. The van der Waals surface area contributed by atoms with E-state index < -0.39 is 5.82 Å². The van der Waals surface area contributed by atoms with Crippen molar-refractivity contribution in [2.24, 2.45) is 0 Å². The highest BCUT2D eigenvalue weighted by Gasteiger charge is 2.11. The van der Waals surface area contributed by atoms with Gasteiger partial charge in [-0.25, -0.2) is 9.37 Å². The third-order valence-electron chi connectivity index (χ3n) is 3.87. The first-order valence-corrected chi connectivity index (χ1v) is 10.6. The van der Waals surface area contributed by atoms with Crippen LogP contribution in [0.1, 0.15) is 17.7 Å². The van der Waals surface area contributed by atoms with Gasteiger partial charge in [0.2, 0.25) is 0 Å². The van der Waals surface area contributed by atoms with E-state index in [9.17, 15) is 4.39 Å². The smallest absolute Gasteiger partial charge is 0.167 e. The summed E-state index contributed by atoms with van der Waals surface area (Å²) in [5, 5.41) is 0.731. The zero-order chi connectivity index (χ0) is 18.5. The lowest BCUT2D eigenvalue weighted by molar-refractivity contribution is 0.387. The molecule has 2 aromatic heterocycles. The molecule has 3 aromatic rings. The average Bonchev–Trinajstić information content (AvgIpc) is 3.03. The average molecular weight is 485 g/mol. The predicted octanol–water partition coefficient (Wildman–Crippen LogP) is 6.27. The third kappa shape index (κ3) is 6.07. The number of benzene rings is 1. The number of thioether (sulfide) groups is 2. The van der Waals surface area contributed by atoms with Crippen LogP contribution in [0.3, 0.4) is 0 Å². The van der Waals surface area contributed by atoms with Crippen LogP contribution in [0.15, 0.2) is 34.4 Å². The molecule has 28 heavy (non-hydrogen) atoms. The second kappa shape index (κ2) is 12.0. The number of aromatic nitrogens is 3. The molecule has 0 unspecified atom stereocenters. The standard InChI is InChI=1S/C18H19ClFN3OS2.2ClH/c1-11-15(21-6-4-17(11)25-7-3-5-19)10-26-18-22-13-8-12(20)16(24-2)9-14(13)23-18;;/h4,6,8-9H,3,5,7,10H2,1-2H3,(H,22,23);2*1H. The van der Waals surface area contributed by atoms with Crippen LogP contribution in [-0.4, -0.2) is 33.7 Å². The Morgan fingerprint density at radius 1 is 1.25 bits per heavy atom. The molecule has 154 valence electrons. The minimum atomic E-state index is -0.415. The fourth-order valence-corrected chi connectivity index (χ4v) is 4.65. The molecule has 0 saturated heterocycles. The molecular weight excluding hydrogens is 464 g/mol. The van der Waals surface area contributed by atoms with E-state index in [4.69, 9.17) is 16.3 Å². The second-order valence-electron chi connectivity index (χ2n) is 5.61. The number of hydrogen-bond donors (Lipinski definition) is 1. The summed E-state index contributed by atoms with van der Waals surface area (Å²) in [5.41, 5.74) is 3.54. The van der Waals surface area contributed by atoms with E-state index in [1.807, 2.05) is 12.3 Å². The maximum atomic E-state index is 13.8. The predicted molar refractivity (Wildman–Crippen MR) is 122 cm³/mol. The number of methoxy groups -OCH3 is 1. The number of halogens is 4. The van der Waals surface area contributed by atoms with Crippen LogP contribution in [0.4, 0.5) is 4.39 Å². The molecule has 0 aliphatic heterocycles. The van der Waals surface area contributed by atoms with E-state index in [0.29, 0.717) is 17.1 Å². The van der Waals surface area contributed by atoms with Gasteiger partial charge in [0.05, 0.1) is 23.8 Å². The molecule has 0 fully saturated rings. The molecule has 0 saturated carbocycles. The molecule has 0 atom stereocenters. The lowest BCUT2D eigenvalue weighted by Gasteiger charge is -2.09. The Morgan fingerprint density at radius 2 is 2.04 bits per heavy atom. The topological polar surface area (TPSA) is 50.8 Å². The molecule has 1 aromatic carbocycles. The molecule has 0 amide bonds. The van der Waals surface area contributed by atoms with Gasteiger partial charge in [0.1, 0.15) is 0 Å². The molecule has 1 N–H and O–H groups in total. The van der Waals surface area contributed by atoms with Crippen LogP contribution in [0.2, 0.25) is 0 Å². The summed E-state index contributed by atoms with van der Waals surface area (Å²) >= 11 is 9.10. The number of rotatable bonds is 8. The number of alkyl halides is 1. The van der Waals surface area contributed by atoms with Crippen LogP contribution in [0.25, 0.3) is 11.0 Å². The maximum absolute atomic E-state index is 13.8. The van der Waals surface area contributed by atoms with Crippen molar-refractivity contribution < 1.29 is 9.13 Å². The van der Waals surface area contributed by atoms with Crippen LogP contribution in [0.5, 0.6) is 5.75 Å². The van der Waals surface area contributed by atoms with E-state index in [1.165, 1.54) is 23.6 Å². The van der Waals surface area contributed by atoms with Gasteiger partial charge in [-0.05, 0) is 30.7 Å². The van der Waals surface area contributed by atoms with Gasteiger partial charge in [0.25, 0.3) is 0 Å². The quantitative estimate of drug-likeness (QED) is 0.232. The van der Waals surface area contributed by atoms with Crippen LogP contribution < -0.4 is 4.74 Å². The number of pyridine rings is 1. The molecule has 10 heteroatoms. The molecule has 0 spiro atoms. The molecule has 2 heterocycles. The van der Waals surface area contributed by atoms with Crippen molar-refractivity contribution in [3.8, 4) is 5.75 Å². The van der Waals surface area contributed by atoms with Crippen molar-refractivity contribution >= 4 is 71.0 Å². The minimum absolute atomic E-state index is 0. The maximum Gasteiger partial charge on any atom is 0.167 e.